The van der Waals surface area contributed by atoms with E-state index in [0.717, 1.165) is 0 Å². The molecule has 0 spiro atoms. The molecule has 4 N–H and O–H groups in total. The first kappa shape index (κ1) is 13.4. The average molecular weight is 283 g/mol. The number of aromatic nitrogens is 4. The zero-order chi connectivity index (χ0) is 13.9. The fourth-order valence-electron chi connectivity index (χ4n) is 1.41. The van der Waals surface area contributed by atoms with Gasteiger partial charge in [0.05, 0.1) is 12.2 Å². The highest BCUT2D eigenvalue weighted by molar-refractivity contribution is 7.89. The van der Waals surface area contributed by atoms with Gasteiger partial charge in [-0.3, -0.25) is 5.84 Å². The first-order chi connectivity index (χ1) is 9.04. The highest BCUT2D eigenvalue weighted by atomic mass is 32.2. The minimum absolute atomic E-state index is 0.0133. The summed E-state index contributed by atoms with van der Waals surface area (Å²) < 4.78 is 28.2. The second-order valence-corrected chi connectivity index (χ2v) is 5.37. The molecule has 102 valence electrons. The first-order valence-electron chi connectivity index (χ1n) is 5.29. The molecule has 9 nitrogen and oxygen atoms in total. The maximum absolute atomic E-state index is 12.1. The van der Waals surface area contributed by atoms with Crippen molar-refractivity contribution in [3.8, 4) is 0 Å². The fourth-order valence-corrected chi connectivity index (χ4v) is 2.48. The van der Waals surface area contributed by atoms with E-state index in [4.69, 9.17) is 5.84 Å². The van der Waals surface area contributed by atoms with Crippen molar-refractivity contribution in [2.75, 3.05) is 5.43 Å². The Morgan fingerprint density at radius 2 is 2.26 bits per heavy atom. The summed E-state index contributed by atoms with van der Waals surface area (Å²) in [6.07, 6.45) is 2.86. The van der Waals surface area contributed by atoms with Gasteiger partial charge in [-0.25, -0.2) is 18.1 Å². The van der Waals surface area contributed by atoms with Gasteiger partial charge in [0.2, 0.25) is 0 Å². The number of nitrogens with one attached hydrogen (secondary N) is 2. The van der Waals surface area contributed by atoms with Crippen molar-refractivity contribution >= 4 is 15.7 Å². The van der Waals surface area contributed by atoms with Crippen LogP contribution in [0.5, 0.6) is 0 Å². The lowest BCUT2D eigenvalue weighted by molar-refractivity contribution is 0.574. The summed E-state index contributed by atoms with van der Waals surface area (Å²) >= 11 is 0. The van der Waals surface area contributed by atoms with Crippen molar-refractivity contribution in [2.45, 2.75) is 11.6 Å². The molecule has 0 unspecified atom stereocenters. The molecule has 0 radical (unpaired) electrons. The lowest BCUT2D eigenvalue weighted by Gasteiger charge is -2.09. The van der Waals surface area contributed by atoms with Crippen LogP contribution in [0.25, 0.3) is 0 Å². The number of hydrogen-bond donors (Lipinski definition) is 3. The molecule has 0 aliphatic carbocycles. The van der Waals surface area contributed by atoms with E-state index in [0.29, 0.717) is 5.82 Å². The van der Waals surface area contributed by atoms with Crippen LogP contribution in [-0.4, -0.2) is 28.2 Å². The largest absolute Gasteiger partial charge is 0.321 e. The van der Waals surface area contributed by atoms with Crippen molar-refractivity contribution in [2.24, 2.45) is 12.9 Å². The number of pyridine rings is 1. The Morgan fingerprint density at radius 3 is 2.89 bits per heavy atom. The molecule has 0 saturated carbocycles. The smallest absolute Gasteiger partial charge is 0.260 e. The Labute approximate surface area is 109 Å². The van der Waals surface area contributed by atoms with E-state index in [1.54, 1.807) is 17.7 Å². The number of nitrogens with zero attached hydrogens (tertiary/aromatic N) is 4. The maximum Gasteiger partial charge on any atom is 0.260 e. The zero-order valence-electron chi connectivity index (χ0n) is 10.1. The normalized spacial score (nSPS) is 11.5. The Morgan fingerprint density at radius 1 is 1.47 bits per heavy atom. The predicted octanol–water partition coefficient (Wildman–Crippen LogP) is -1.03. The number of anilines is 1. The quantitative estimate of drug-likeness (QED) is 0.473. The summed E-state index contributed by atoms with van der Waals surface area (Å²) in [5.74, 6) is 5.74. The third-order valence-electron chi connectivity index (χ3n) is 2.41. The van der Waals surface area contributed by atoms with Crippen molar-refractivity contribution in [1.82, 2.24) is 24.5 Å². The van der Waals surface area contributed by atoms with E-state index in [9.17, 15) is 8.42 Å². The van der Waals surface area contributed by atoms with Crippen LogP contribution in [0.3, 0.4) is 0 Å². The van der Waals surface area contributed by atoms with Gasteiger partial charge in [-0.2, -0.15) is 0 Å². The number of hydrazine groups is 1. The van der Waals surface area contributed by atoms with Crippen molar-refractivity contribution in [3.63, 3.8) is 0 Å². The molecule has 0 amide bonds. The van der Waals surface area contributed by atoms with Gasteiger partial charge in [0.15, 0.2) is 5.03 Å². The van der Waals surface area contributed by atoms with E-state index in [2.05, 4.69) is 25.3 Å². The SMILES string of the molecule is Cn1cnnc1CNS(=O)(=O)c1ncccc1NN. The minimum Gasteiger partial charge on any atom is -0.321 e. The van der Waals surface area contributed by atoms with Gasteiger partial charge >= 0.3 is 0 Å². The van der Waals surface area contributed by atoms with Crippen molar-refractivity contribution in [3.05, 3.63) is 30.5 Å². The van der Waals surface area contributed by atoms with Gasteiger partial charge in [0.25, 0.3) is 10.0 Å². The van der Waals surface area contributed by atoms with Gasteiger partial charge in [0, 0.05) is 13.2 Å². The molecule has 0 bridgehead atoms. The number of rotatable bonds is 5. The number of nitrogen functional groups attached to an aromatic ring is 1. The number of sulfonamides is 1. The molecule has 2 aromatic rings. The summed E-state index contributed by atoms with van der Waals surface area (Å²) in [7, 11) is -2.06. The van der Waals surface area contributed by atoms with Crippen LogP contribution in [0.15, 0.2) is 29.7 Å². The van der Waals surface area contributed by atoms with Gasteiger partial charge in [0.1, 0.15) is 12.2 Å². The van der Waals surface area contributed by atoms with Crippen LogP contribution < -0.4 is 16.0 Å². The van der Waals surface area contributed by atoms with Crippen LogP contribution in [0.1, 0.15) is 5.82 Å². The van der Waals surface area contributed by atoms with Gasteiger partial charge in [-0.05, 0) is 12.1 Å². The lowest BCUT2D eigenvalue weighted by atomic mass is 10.4. The lowest BCUT2D eigenvalue weighted by Crippen LogP contribution is -2.27. The van der Waals surface area contributed by atoms with E-state index in [1.807, 2.05) is 0 Å². The Kier molecular flexibility index (Phi) is 3.74. The second-order valence-electron chi connectivity index (χ2n) is 3.68. The third kappa shape index (κ3) is 2.86. The molecule has 2 aromatic heterocycles. The van der Waals surface area contributed by atoms with Crippen LogP contribution in [-0.2, 0) is 23.6 Å². The van der Waals surface area contributed by atoms with Gasteiger partial charge < -0.3 is 9.99 Å². The summed E-state index contributed by atoms with van der Waals surface area (Å²) in [4.78, 5) is 3.81. The monoisotopic (exact) mass is 283 g/mol. The molecular weight excluding hydrogens is 270 g/mol. The van der Waals surface area contributed by atoms with Crippen LogP contribution >= 0.6 is 0 Å². The van der Waals surface area contributed by atoms with E-state index in [-0.39, 0.29) is 17.3 Å². The third-order valence-corrected chi connectivity index (χ3v) is 3.77. The fraction of sp³-hybridized carbons (Fsp3) is 0.222. The zero-order valence-corrected chi connectivity index (χ0v) is 10.9. The minimum atomic E-state index is -3.78. The van der Waals surface area contributed by atoms with Crippen LogP contribution in [0.4, 0.5) is 5.69 Å². The predicted molar refractivity (Wildman–Crippen MR) is 67.1 cm³/mol. The Balaban J connectivity index is 2.21. The standard InChI is InChI=1S/C9H13N7O2S/c1-16-6-12-15-8(16)5-13-19(17,18)9-7(14-10)3-2-4-11-9/h2-4,6,13-14H,5,10H2,1H3. The summed E-state index contributed by atoms with van der Waals surface area (Å²) in [5.41, 5.74) is 2.51. The summed E-state index contributed by atoms with van der Waals surface area (Å²) in [6.45, 7) is 0.0133. The average Bonchev–Trinajstić information content (AvgIpc) is 2.82. The molecule has 0 aliphatic heterocycles. The molecule has 0 aromatic carbocycles. The van der Waals surface area contributed by atoms with Crippen LogP contribution in [0, 0.1) is 0 Å². The molecule has 0 saturated heterocycles. The van der Waals surface area contributed by atoms with Gasteiger partial charge in [-0.1, -0.05) is 0 Å². The number of nitrogens with two attached hydrogens (primary N) is 1. The molecule has 0 fully saturated rings. The topological polar surface area (TPSA) is 128 Å². The first-order valence-corrected chi connectivity index (χ1v) is 6.77. The molecule has 19 heavy (non-hydrogen) atoms. The van der Waals surface area contributed by atoms with Gasteiger partial charge in [-0.15, -0.1) is 10.2 Å². The van der Waals surface area contributed by atoms with E-state index < -0.39 is 10.0 Å². The molecule has 2 rings (SSSR count). The maximum atomic E-state index is 12.1. The van der Waals surface area contributed by atoms with E-state index in [1.165, 1.54) is 18.6 Å². The molecular formula is C9H13N7O2S. The van der Waals surface area contributed by atoms with Crippen molar-refractivity contribution < 1.29 is 8.42 Å². The highest BCUT2D eigenvalue weighted by Gasteiger charge is 2.20. The van der Waals surface area contributed by atoms with Crippen LogP contribution in [0.2, 0.25) is 0 Å². The second kappa shape index (κ2) is 5.30. The number of hydrogen-bond acceptors (Lipinski definition) is 7. The van der Waals surface area contributed by atoms with E-state index >= 15 is 0 Å². The van der Waals surface area contributed by atoms with Crippen molar-refractivity contribution in [1.29, 1.82) is 0 Å². The molecule has 10 heteroatoms. The summed E-state index contributed by atoms with van der Waals surface area (Å²) in [6, 6.07) is 3.10. The molecule has 0 atom stereocenters. The molecule has 2 heterocycles. The number of aryl methyl sites for hydroxylation is 1. The highest BCUT2D eigenvalue weighted by Crippen LogP contribution is 2.16. The summed E-state index contributed by atoms with van der Waals surface area (Å²) in [5, 5.41) is 7.27. The molecule has 0 aliphatic rings. The Hall–Kier alpha value is -2.04. The Bertz CT molecular complexity index is 667.